The maximum atomic E-state index is 12.0. The molecule has 4 nitrogen and oxygen atoms in total. The van der Waals surface area contributed by atoms with Crippen LogP contribution in [0.3, 0.4) is 0 Å². The molecule has 0 radical (unpaired) electrons. The SMILES string of the molecule is COCOC(CC=O)c1ccc(OC(F)(F)F)cc1. The normalized spacial score (nSPS) is 13.1. The van der Waals surface area contributed by atoms with E-state index >= 15 is 0 Å². The molecule has 0 aliphatic heterocycles. The molecule has 0 spiro atoms. The van der Waals surface area contributed by atoms with Crippen molar-refractivity contribution < 1.29 is 32.2 Å². The molecule has 0 amide bonds. The highest BCUT2D eigenvalue weighted by Gasteiger charge is 2.31. The van der Waals surface area contributed by atoms with Gasteiger partial charge in [-0.05, 0) is 17.7 Å². The van der Waals surface area contributed by atoms with E-state index in [1.165, 1.54) is 19.2 Å². The first-order valence-corrected chi connectivity index (χ1v) is 5.36. The number of hydrogen-bond donors (Lipinski definition) is 0. The van der Waals surface area contributed by atoms with E-state index in [4.69, 9.17) is 9.47 Å². The van der Waals surface area contributed by atoms with E-state index < -0.39 is 12.5 Å². The standard InChI is InChI=1S/C12H13F3O4/c1-17-8-18-11(6-7-16)9-2-4-10(5-3-9)19-12(13,14)15/h2-5,7,11H,6,8H2,1H3. The van der Waals surface area contributed by atoms with E-state index in [1.807, 2.05) is 0 Å². The number of ether oxygens (including phenoxy) is 3. The van der Waals surface area contributed by atoms with Crippen molar-refractivity contribution in [2.45, 2.75) is 18.9 Å². The zero-order valence-corrected chi connectivity index (χ0v) is 10.1. The topological polar surface area (TPSA) is 44.8 Å². The van der Waals surface area contributed by atoms with Crippen LogP contribution in [0, 0.1) is 0 Å². The Kier molecular flexibility index (Phi) is 5.78. The second kappa shape index (κ2) is 7.10. The first-order chi connectivity index (χ1) is 8.96. The van der Waals surface area contributed by atoms with Crippen molar-refractivity contribution >= 4 is 6.29 Å². The second-order valence-electron chi connectivity index (χ2n) is 3.58. The highest BCUT2D eigenvalue weighted by atomic mass is 19.4. The minimum Gasteiger partial charge on any atom is -0.406 e. The zero-order chi connectivity index (χ0) is 14.3. The molecule has 0 saturated heterocycles. The summed E-state index contributed by atoms with van der Waals surface area (Å²) in [5.41, 5.74) is 0.568. The maximum Gasteiger partial charge on any atom is 0.573 e. The van der Waals surface area contributed by atoms with Crippen LogP contribution < -0.4 is 4.74 Å². The number of carbonyl (C=O) groups is 1. The first-order valence-electron chi connectivity index (χ1n) is 5.36. The molecule has 19 heavy (non-hydrogen) atoms. The molecule has 0 bridgehead atoms. The lowest BCUT2D eigenvalue weighted by atomic mass is 10.1. The Balaban J connectivity index is 2.73. The van der Waals surface area contributed by atoms with Gasteiger partial charge in [-0.3, -0.25) is 0 Å². The largest absolute Gasteiger partial charge is 0.573 e. The Morgan fingerprint density at radius 2 is 1.89 bits per heavy atom. The van der Waals surface area contributed by atoms with Gasteiger partial charge in [-0.25, -0.2) is 0 Å². The molecule has 1 aromatic rings. The van der Waals surface area contributed by atoms with Crippen LogP contribution in [0.5, 0.6) is 5.75 Å². The molecule has 0 heterocycles. The van der Waals surface area contributed by atoms with Gasteiger partial charge in [0.05, 0.1) is 6.10 Å². The molecule has 7 heteroatoms. The van der Waals surface area contributed by atoms with E-state index in [9.17, 15) is 18.0 Å². The summed E-state index contributed by atoms with van der Waals surface area (Å²) in [7, 11) is 1.43. The van der Waals surface area contributed by atoms with E-state index in [1.54, 1.807) is 0 Å². The zero-order valence-electron chi connectivity index (χ0n) is 10.1. The van der Waals surface area contributed by atoms with Gasteiger partial charge in [0.15, 0.2) is 0 Å². The van der Waals surface area contributed by atoms with Crippen LogP contribution in [0.25, 0.3) is 0 Å². The van der Waals surface area contributed by atoms with Crippen molar-refractivity contribution in [3.8, 4) is 5.75 Å². The van der Waals surface area contributed by atoms with Gasteiger partial charge in [0.25, 0.3) is 0 Å². The summed E-state index contributed by atoms with van der Waals surface area (Å²) in [6.07, 6.45) is -4.53. The Hall–Kier alpha value is -1.60. The van der Waals surface area contributed by atoms with Gasteiger partial charge in [-0.1, -0.05) is 12.1 Å². The molecule has 0 aliphatic carbocycles. The highest BCUT2D eigenvalue weighted by molar-refractivity contribution is 5.51. The molecule has 0 aliphatic rings. The fraction of sp³-hybridized carbons (Fsp3) is 0.417. The number of halogens is 3. The molecule has 0 aromatic heterocycles. The fourth-order valence-corrected chi connectivity index (χ4v) is 1.42. The van der Waals surface area contributed by atoms with Gasteiger partial charge < -0.3 is 19.0 Å². The fourth-order valence-electron chi connectivity index (χ4n) is 1.42. The summed E-state index contributed by atoms with van der Waals surface area (Å²) >= 11 is 0. The lowest BCUT2D eigenvalue weighted by molar-refractivity contribution is -0.274. The highest BCUT2D eigenvalue weighted by Crippen LogP contribution is 2.26. The average Bonchev–Trinajstić information content (AvgIpc) is 2.34. The average molecular weight is 278 g/mol. The van der Waals surface area contributed by atoms with E-state index in [0.717, 1.165) is 12.1 Å². The monoisotopic (exact) mass is 278 g/mol. The number of alkyl halides is 3. The van der Waals surface area contributed by atoms with Crippen LogP contribution in [0.1, 0.15) is 18.1 Å². The molecule has 0 fully saturated rings. The van der Waals surface area contributed by atoms with Crippen molar-refractivity contribution in [2.75, 3.05) is 13.9 Å². The Bertz CT molecular complexity index is 389. The Morgan fingerprint density at radius 1 is 1.26 bits per heavy atom. The molecule has 106 valence electrons. The van der Waals surface area contributed by atoms with Gasteiger partial charge >= 0.3 is 6.36 Å². The van der Waals surface area contributed by atoms with E-state index in [-0.39, 0.29) is 19.0 Å². The van der Waals surface area contributed by atoms with Crippen molar-refractivity contribution in [1.82, 2.24) is 0 Å². The third kappa shape index (κ3) is 5.71. The number of rotatable bonds is 7. The predicted molar refractivity (Wildman–Crippen MR) is 59.5 cm³/mol. The molecule has 0 saturated carbocycles. The van der Waals surface area contributed by atoms with E-state index in [2.05, 4.69) is 4.74 Å². The van der Waals surface area contributed by atoms with Crippen LogP contribution in [0.4, 0.5) is 13.2 Å². The van der Waals surface area contributed by atoms with Crippen LogP contribution in [0.15, 0.2) is 24.3 Å². The smallest absolute Gasteiger partial charge is 0.406 e. The van der Waals surface area contributed by atoms with Crippen molar-refractivity contribution in [2.24, 2.45) is 0 Å². The van der Waals surface area contributed by atoms with Gasteiger partial charge in [0.1, 0.15) is 18.8 Å². The van der Waals surface area contributed by atoms with Gasteiger partial charge in [0, 0.05) is 13.5 Å². The van der Waals surface area contributed by atoms with Crippen LogP contribution in [-0.2, 0) is 14.3 Å². The Labute approximate surface area is 108 Å². The number of methoxy groups -OCH3 is 1. The lowest BCUT2D eigenvalue weighted by Gasteiger charge is -2.16. The summed E-state index contributed by atoms with van der Waals surface area (Å²) in [6, 6.07) is 5.14. The van der Waals surface area contributed by atoms with Gasteiger partial charge in [0.2, 0.25) is 0 Å². The molecular formula is C12H13F3O4. The first kappa shape index (κ1) is 15.5. The third-order valence-electron chi connectivity index (χ3n) is 2.18. The summed E-state index contributed by atoms with van der Waals surface area (Å²) < 4.78 is 49.6. The third-order valence-corrected chi connectivity index (χ3v) is 2.18. The minimum absolute atomic E-state index is 0.0146. The summed E-state index contributed by atoms with van der Waals surface area (Å²) in [5.74, 6) is -0.326. The van der Waals surface area contributed by atoms with Gasteiger partial charge in [-0.2, -0.15) is 0 Å². The minimum atomic E-state index is -4.73. The van der Waals surface area contributed by atoms with Crippen molar-refractivity contribution in [1.29, 1.82) is 0 Å². The summed E-state index contributed by atoms with van der Waals surface area (Å²) in [5, 5.41) is 0. The lowest BCUT2D eigenvalue weighted by Crippen LogP contribution is -2.17. The molecular weight excluding hydrogens is 265 g/mol. The quantitative estimate of drug-likeness (QED) is 0.568. The molecule has 0 N–H and O–H groups in total. The van der Waals surface area contributed by atoms with Crippen molar-refractivity contribution in [3.05, 3.63) is 29.8 Å². The van der Waals surface area contributed by atoms with Crippen LogP contribution in [-0.4, -0.2) is 26.6 Å². The number of carbonyl (C=O) groups excluding carboxylic acids is 1. The number of hydrogen-bond acceptors (Lipinski definition) is 4. The number of aldehydes is 1. The maximum absolute atomic E-state index is 12.0. The molecule has 1 atom stereocenters. The number of benzene rings is 1. The van der Waals surface area contributed by atoms with Gasteiger partial charge in [-0.15, -0.1) is 13.2 Å². The predicted octanol–water partition coefficient (Wildman–Crippen LogP) is 2.84. The van der Waals surface area contributed by atoms with Crippen molar-refractivity contribution in [3.63, 3.8) is 0 Å². The van der Waals surface area contributed by atoms with Crippen LogP contribution in [0.2, 0.25) is 0 Å². The molecule has 1 aromatic carbocycles. The van der Waals surface area contributed by atoms with Crippen LogP contribution >= 0.6 is 0 Å². The van der Waals surface area contributed by atoms with E-state index in [0.29, 0.717) is 11.8 Å². The summed E-state index contributed by atoms with van der Waals surface area (Å²) in [6.45, 7) is -0.0146. The second-order valence-corrected chi connectivity index (χ2v) is 3.58. The Morgan fingerprint density at radius 3 is 2.37 bits per heavy atom. The molecule has 1 unspecified atom stereocenters. The molecule has 1 rings (SSSR count). The summed E-state index contributed by atoms with van der Waals surface area (Å²) in [4.78, 5) is 10.5.